The Kier molecular flexibility index (Phi) is 5.70. The first-order chi connectivity index (χ1) is 14.5. The predicted octanol–water partition coefficient (Wildman–Crippen LogP) is 2.71. The third-order valence-electron chi connectivity index (χ3n) is 5.48. The summed E-state index contributed by atoms with van der Waals surface area (Å²) in [4.78, 5) is 38.1. The zero-order valence-electron chi connectivity index (χ0n) is 16.7. The number of ether oxygens (including phenoxy) is 1. The van der Waals surface area contributed by atoms with Crippen LogP contribution in [0.1, 0.15) is 46.4 Å². The highest BCUT2D eigenvalue weighted by molar-refractivity contribution is 5.95. The normalized spacial score (nSPS) is 18.5. The third-order valence-corrected chi connectivity index (χ3v) is 5.48. The van der Waals surface area contributed by atoms with E-state index in [1.54, 1.807) is 53.4 Å². The van der Waals surface area contributed by atoms with E-state index in [9.17, 15) is 14.4 Å². The molecule has 2 aromatic rings. The number of likely N-dealkylation sites (tertiary alicyclic amines) is 1. The van der Waals surface area contributed by atoms with E-state index in [0.29, 0.717) is 41.8 Å². The minimum atomic E-state index is -0.491. The van der Waals surface area contributed by atoms with Crippen LogP contribution in [0.5, 0.6) is 11.5 Å². The lowest BCUT2D eigenvalue weighted by Gasteiger charge is -2.32. The quantitative estimate of drug-likeness (QED) is 0.769. The van der Waals surface area contributed by atoms with E-state index in [1.165, 1.54) is 0 Å². The Morgan fingerprint density at radius 3 is 2.07 bits per heavy atom. The summed E-state index contributed by atoms with van der Waals surface area (Å²) in [5.74, 6) is 0.527. The fourth-order valence-corrected chi connectivity index (χ4v) is 3.59. The highest BCUT2D eigenvalue weighted by Crippen LogP contribution is 2.25. The number of rotatable bonds is 6. The van der Waals surface area contributed by atoms with Gasteiger partial charge in [-0.1, -0.05) is 0 Å². The van der Waals surface area contributed by atoms with Gasteiger partial charge in [-0.25, -0.2) is 0 Å². The largest absolute Gasteiger partial charge is 0.457 e. The molecule has 30 heavy (non-hydrogen) atoms. The van der Waals surface area contributed by atoms with Gasteiger partial charge in [0.15, 0.2) is 0 Å². The molecule has 1 atom stereocenters. The van der Waals surface area contributed by atoms with Gasteiger partial charge in [-0.15, -0.1) is 0 Å². The van der Waals surface area contributed by atoms with E-state index in [1.807, 2.05) is 0 Å². The molecule has 3 N–H and O–H groups in total. The second kappa shape index (κ2) is 8.57. The highest BCUT2D eigenvalue weighted by Gasteiger charge is 2.32. The minimum absolute atomic E-state index is 0.0705. The van der Waals surface area contributed by atoms with Gasteiger partial charge in [0, 0.05) is 30.3 Å². The van der Waals surface area contributed by atoms with Crippen LogP contribution < -0.4 is 15.8 Å². The maximum absolute atomic E-state index is 12.9. The molecular weight excluding hydrogens is 382 g/mol. The second-order valence-corrected chi connectivity index (χ2v) is 7.89. The van der Waals surface area contributed by atoms with Crippen molar-refractivity contribution in [3.63, 3.8) is 0 Å². The molecule has 156 valence electrons. The molecule has 1 unspecified atom stereocenters. The van der Waals surface area contributed by atoms with Crippen molar-refractivity contribution >= 4 is 17.7 Å². The van der Waals surface area contributed by atoms with Crippen LogP contribution in [0.4, 0.5) is 0 Å². The van der Waals surface area contributed by atoms with Crippen LogP contribution in [0.2, 0.25) is 0 Å². The first kappa shape index (κ1) is 19.9. The van der Waals surface area contributed by atoms with Gasteiger partial charge in [-0.05, 0) is 74.2 Å². The van der Waals surface area contributed by atoms with E-state index in [4.69, 9.17) is 10.5 Å². The van der Waals surface area contributed by atoms with Crippen molar-refractivity contribution in [2.45, 2.75) is 31.7 Å². The molecule has 1 saturated heterocycles. The SMILES string of the molecule is NC(=O)c1ccc(Oc2ccc(C(=O)N3CCCC(C(=O)NC4CC4)C3)cc2)cc1. The Balaban J connectivity index is 1.36. The number of carbonyl (C=O) groups is 3. The molecule has 4 rings (SSSR count). The highest BCUT2D eigenvalue weighted by atomic mass is 16.5. The van der Waals surface area contributed by atoms with Crippen LogP contribution in [0.3, 0.4) is 0 Å². The van der Waals surface area contributed by atoms with Crippen molar-refractivity contribution < 1.29 is 19.1 Å². The number of nitrogens with zero attached hydrogens (tertiary/aromatic N) is 1. The Morgan fingerprint density at radius 2 is 1.50 bits per heavy atom. The van der Waals surface area contributed by atoms with Gasteiger partial charge in [0.05, 0.1) is 5.92 Å². The molecule has 1 saturated carbocycles. The van der Waals surface area contributed by atoms with E-state index in [2.05, 4.69) is 5.32 Å². The van der Waals surface area contributed by atoms with Crippen molar-refractivity contribution in [1.29, 1.82) is 0 Å². The summed E-state index contributed by atoms with van der Waals surface area (Å²) >= 11 is 0. The standard InChI is InChI=1S/C23H25N3O4/c24-21(27)15-3-9-19(10-4-15)30-20-11-5-16(6-12-20)23(29)26-13-1-2-17(14-26)22(28)25-18-7-8-18/h3-6,9-12,17-18H,1-2,7-8,13-14H2,(H2,24,27)(H,25,28). The van der Waals surface area contributed by atoms with Crippen molar-refractivity contribution in [2.24, 2.45) is 11.7 Å². The molecule has 7 nitrogen and oxygen atoms in total. The van der Waals surface area contributed by atoms with Gasteiger partial charge in [0.1, 0.15) is 11.5 Å². The number of hydrogen-bond donors (Lipinski definition) is 2. The van der Waals surface area contributed by atoms with Gasteiger partial charge >= 0.3 is 0 Å². The number of benzene rings is 2. The van der Waals surface area contributed by atoms with Crippen molar-refractivity contribution in [3.8, 4) is 11.5 Å². The molecule has 2 aliphatic rings. The Labute approximate surface area is 175 Å². The van der Waals surface area contributed by atoms with Gasteiger partial charge in [-0.3, -0.25) is 14.4 Å². The maximum atomic E-state index is 12.9. The van der Waals surface area contributed by atoms with E-state index >= 15 is 0 Å². The molecule has 2 aromatic carbocycles. The third kappa shape index (κ3) is 4.79. The fraction of sp³-hybridized carbons (Fsp3) is 0.348. The van der Waals surface area contributed by atoms with Crippen molar-refractivity contribution in [3.05, 3.63) is 59.7 Å². The van der Waals surface area contributed by atoms with E-state index in [0.717, 1.165) is 25.7 Å². The maximum Gasteiger partial charge on any atom is 0.253 e. The molecule has 0 aromatic heterocycles. The van der Waals surface area contributed by atoms with Gasteiger partial charge < -0.3 is 20.7 Å². The minimum Gasteiger partial charge on any atom is -0.457 e. The molecule has 1 aliphatic carbocycles. The molecule has 0 radical (unpaired) electrons. The summed E-state index contributed by atoms with van der Waals surface area (Å²) in [6.07, 6.45) is 3.77. The predicted molar refractivity (Wildman–Crippen MR) is 111 cm³/mol. The van der Waals surface area contributed by atoms with Crippen molar-refractivity contribution in [1.82, 2.24) is 10.2 Å². The van der Waals surface area contributed by atoms with Crippen LogP contribution in [-0.4, -0.2) is 41.8 Å². The summed E-state index contributed by atoms with van der Waals surface area (Å²) in [7, 11) is 0. The van der Waals surface area contributed by atoms with Crippen LogP contribution in [-0.2, 0) is 4.79 Å². The number of primary amides is 1. The fourth-order valence-electron chi connectivity index (χ4n) is 3.59. The molecule has 1 heterocycles. The van der Waals surface area contributed by atoms with Crippen LogP contribution in [0, 0.1) is 5.92 Å². The average Bonchev–Trinajstić information content (AvgIpc) is 3.58. The molecule has 7 heteroatoms. The summed E-state index contributed by atoms with van der Waals surface area (Å²) in [6.45, 7) is 1.12. The lowest BCUT2D eigenvalue weighted by Crippen LogP contribution is -2.45. The van der Waals surface area contributed by atoms with Crippen LogP contribution >= 0.6 is 0 Å². The summed E-state index contributed by atoms with van der Waals surface area (Å²) in [6, 6.07) is 13.8. The number of hydrogen-bond acceptors (Lipinski definition) is 4. The number of carbonyl (C=O) groups excluding carboxylic acids is 3. The molecule has 3 amide bonds. The Morgan fingerprint density at radius 1 is 0.900 bits per heavy atom. The molecular formula is C23H25N3O4. The second-order valence-electron chi connectivity index (χ2n) is 7.89. The number of piperidine rings is 1. The molecule has 0 bridgehead atoms. The lowest BCUT2D eigenvalue weighted by atomic mass is 9.96. The summed E-state index contributed by atoms with van der Waals surface area (Å²) < 4.78 is 5.75. The zero-order chi connectivity index (χ0) is 21.1. The van der Waals surface area contributed by atoms with Gasteiger partial charge in [0.2, 0.25) is 11.8 Å². The van der Waals surface area contributed by atoms with Crippen LogP contribution in [0.15, 0.2) is 48.5 Å². The van der Waals surface area contributed by atoms with E-state index in [-0.39, 0.29) is 17.7 Å². The van der Waals surface area contributed by atoms with E-state index < -0.39 is 5.91 Å². The zero-order valence-corrected chi connectivity index (χ0v) is 16.7. The average molecular weight is 407 g/mol. The topological polar surface area (TPSA) is 102 Å². The number of amides is 3. The monoisotopic (exact) mass is 407 g/mol. The molecule has 1 aliphatic heterocycles. The van der Waals surface area contributed by atoms with Crippen LogP contribution in [0.25, 0.3) is 0 Å². The smallest absolute Gasteiger partial charge is 0.253 e. The number of nitrogens with one attached hydrogen (secondary N) is 1. The van der Waals surface area contributed by atoms with Gasteiger partial charge in [-0.2, -0.15) is 0 Å². The van der Waals surface area contributed by atoms with Gasteiger partial charge in [0.25, 0.3) is 5.91 Å². The summed E-state index contributed by atoms with van der Waals surface area (Å²) in [5, 5.41) is 3.04. The Hall–Kier alpha value is -3.35. The summed E-state index contributed by atoms with van der Waals surface area (Å²) in [5.41, 5.74) is 6.21. The number of nitrogens with two attached hydrogens (primary N) is 1. The lowest BCUT2D eigenvalue weighted by molar-refractivity contribution is -0.126. The molecule has 2 fully saturated rings. The first-order valence-corrected chi connectivity index (χ1v) is 10.3. The molecule has 0 spiro atoms. The first-order valence-electron chi connectivity index (χ1n) is 10.3. The van der Waals surface area contributed by atoms with Crippen molar-refractivity contribution in [2.75, 3.05) is 13.1 Å². The Bertz CT molecular complexity index is 936.